The lowest BCUT2D eigenvalue weighted by atomic mass is 10.2. The summed E-state index contributed by atoms with van der Waals surface area (Å²) in [5.74, 6) is 3.57. The molecule has 158 valence electrons. The van der Waals surface area contributed by atoms with E-state index in [4.69, 9.17) is 15.0 Å². The SMILES string of the molecule is Cc1nc(N2CCN(c3ccnc(N(C)C)n3)CC2)c2cc(-c3ccccc3)sc2n1. The molecular weight excluding hydrogens is 406 g/mol. The smallest absolute Gasteiger partial charge is 0.226 e. The molecular formula is C23H25N7S. The normalized spacial score (nSPS) is 14.3. The molecule has 1 aliphatic heterocycles. The molecule has 0 aliphatic carbocycles. The zero-order chi connectivity index (χ0) is 21.4. The fraction of sp³-hybridized carbons (Fsp3) is 0.304. The van der Waals surface area contributed by atoms with Crippen molar-refractivity contribution in [1.29, 1.82) is 0 Å². The monoisotopic (exact) mass is 431 g/mol. The highest BCUT2D eigenvalue weighted by atomic mass is 32.1. The second-order valence-corrected chi connectivity index (χ2v) is 8.90. The van der Waals surface area contributed by atoms with Crippen LogP contribution in [0.4, 0.5) is 17.6 Å². The van der Waals surface area contributed by atoms with Crippen LogP contribution in [0.15, 0.2) is 48.7 Å². The van der Waals surface area contributed by atoms with E-state index in [2.05, 4.69) is 45.1 Å². The molecule has 0 spiro atoms. The molecule has 0 N–H and O–H groups in total. The van der Waals surface area contributed by atoms with Crippen LogP contribution in [0.1, 0.15) is 5.82 Å². The molecule has 8 heteroatoms. The molecule has 5 rings (SSSR count). The van der Waals surface area contributed by atoms with E-state index in [-0.39, 0.29) is 0 Å². The summed E-state index contributed by atoms with van der Waals surface area (Å²) < 4.78 is 0. The average Bonchev–Trinajstić information content (AvgIpc) is 3.23. The van der Waals surface area contributed by atoms with Gasteiger partial charge in [-0.15, -0.1) is 11.3 Å². The standard InChI is InChI=1S/C23H25N7S/c1-16-25-21(18-15-19(31-22(18)26-16)17-7-5-4-6-8-17)30-13-11-29(12-14-30)20-9-10-24-23(27-20)28(2)3/h4-10,15H,11-14H2,1-3H3. The summed E-state index contributed by atoms with van der Waals surface area (Å²) in [6.07, 6.45) is 1.83. The lowest BCUT2D eigenvalue weighted by Crippen LogP contribution is -2.47. The van der Waals surface area contributed by atoms with Gasteiger partial charge in [-0.2, -0.15) is 4.98 Å². The number of hydrogen-bond donors (Lipinski definition) is 0. The first-order valence-corrected chi connectivity index (χ1v) is 11.2. The van der Waals surface area contributed by atoms with Crippen molar-refractivity contribution >= 4 is 39.1 Å². The van der Waals surface area contributed by atoms with Crippen LogP contribution in [0.3, 0.4) is 0 Å². The van der Waals surface area contributed by atoms with Crippen LogP contribution < -0.4 is 14.7 Å². The number of benzene rings is 1. The summed E-state index contributed by atoms with van der Waals surface area (Å²) in [6.45, 7) is 5.55. The lowest BCUT2D eigenvalue weighted by Gasteiger charge is -2.36. The number of nitrogens with zero attached hydrogens (tertiary/aromatic N) is 7. The predicted molar refractivity (Wildman–Crippen MR) is 128 cm³/mol. The molecule has 3 aromatic heterocycles. The molecule has 0 saturated carbocycles. The van der Waals surface area contributed by atoms with Gasteiger partial charge >= 0.3 is 0 Å². The van der Waals surface area contributed by atoms with Gasteiger partial charge in [0.1, 0.15) is 22.3 Å². The van der Waals surface area contributed by atoms with Crippen LogP contribution in [0, 0.1) is 6.92 Å². The lowest BCUT2D eigenvalue weighted by molar-refractivity contribution is 0.641. The highest BCUT2D eigenvalue weighted by Crippen LogP contribution is 2.36. The Morgan fingerprint density at radius 3 is 2.39 bits per heavy atom. The molecule has 4 heterocycles. The molecule has 1 aromatic carbocycles. The summed E-state index contributed by atoms with van der Waals surface area (Å²) >= 11 is 1.73. The van der Waals surface area contributed by atoms with E-state index in [1.807, 2.05) is 44.2 Å². The number of rotatable bonds is 4. The maximum atomic E-state index is 4.84. The van der Waals surface area contributed by atoms with E-state index in [1.165, 1.54) is 10.4 Å². The van der Waals surface area contributed by atoms with Gasteiger partial charge in [0.2, 0.25) is 5.95 Å². The number of hydrogen-bond acceptors (Lipinski definition) is 8. The molecule has 0 radical (unpaired) electrons. The summed E-state index contributed by atoms with van der Waals surface area (Å²) in [5.41, 5.74) is 1.22. The predicted octanol–water partition coefficient (Wildman–Crippen LogP) is 3.85. The summed E-state index contributed by atoms with van der Waals surface area (Å²) in [7, 11) is 3.93. The molecule has 0 atom stereocenters. The van der Waals surface area contributed by atoms with Crippen molar-refractivity contribution in [2.75, 3.05) is 55.0 Å². The Morgan fingerprint density at radius 2 is 1.65 bits per heavy atom. The van der Waals surface area contributed by atoms with Gasteiger partial charge < -0.3 is 14.7 Å². The minimum absolute atomic E-state index is 0.736. The third kappa shape index (κ3) is 3.90. The molecule has 1 aliphatic rings. The molecule has 0 unspecified atom stereocenters. The molecule has 0 amide bonds. The maximum absolute atomic E-state index is 4.84. The number of thiophene rings is 1. The van der Waals surface area contributed by atoms with Gasteiger partial charge in [0.15, 0.2) is 0 Å². The zero-order valence-electron chi connectivity index (χ0n) is 18.0. The highest BCUT2D eigenvalue weighted by molar-refractivity contribution is 7.21. The van der Waals surface area contributed by atoms with Crippen LogP contribution in [0.2, 0.25) is 0 Å². The van der Waals surface area contributed by atoms with Crippen molar-refractivity contribution < 1.29 is 0 Å². The first-order chi connectivity index (χ1) is 15.1. The summed E-state index contributed by atoms with van der Waals surface area (Å²) in [4.78, 5) is 27.5. The molecule has 31 heavy (non-hydrogen) atoms. The van der Waals surface area contributed by atoms with Gasteiger partial charge in [-0.3, -0.25) is 0 Å². The van der Waals surface area contributed by atoms with E-state index in [0.717, 1.165) is 59.8 Å². The van der Waals surface area contributed by atoms with Crippen molar-refractivity contribution in [2.24, 2.45) is 0 Å². The van der Waals surface area contributed by atoms with Crippen molar-refractivity contribution in [3.8, 4) is 10.4 Å². The van der Waals surface area contributed by atoms with Crippen molar-refractivity contribution in [1.82, 2.24) is 19.9 Å². The third-order valence-corrected chi connectivity index (χ3v) is 6.55. The topological polar surface area (TPSA) is 61.3 Å². The van der Waals surface area contributed by atoms with Crippen LogP contribution in [-0.2, 0) is 0 Å². The second kappa shape index (κ2) is 8.11. The molecule has 0 bridgehead atoms. The molecule has 4 aromatic rings. The van der Waals surface area contributed by atoms with Crippen molar-refractivity contribution in [3.05, 3.63) is 54.5 Å². The number of aromatic nitrogens is 4. The zero-order valence-corrected chi connectivity index (χ0v) is 18.8. The Kier molecular flexibility index (Phi) is 5.15. The van der Waals surface area contributed by atoms with E-state index in [1.54, 1.807) is 11.3 Å². The highest BCUT2D eigenvalue weighted by Gasteiger charge is 2.23. The van der Waals surface area contributed by atoms with Gasteiger partial charge in [0.05, 0.1) is 5.39 Å². The Balaban J connectivity index is 1.40. The van der Waals surface area contributed by atoms with Crippen LogP contribution in [-0.4, -0.2) is 60.2 Å². The number of fused-ring (bicyclic) bond motifs is 1. The van der Waals surface area contributed by atoms with Gasteiger partial charge in [0, 0.05) is 51.3 Å². The quantitative estimate of drug-likeness (QED) is 0.486. The Bertz CT molecular complexity index is 1200. The number of piperazine rings is 1. The van der Waals surface area contributed by atoms with Crippen LogP contribution >= 0.6 is 11.3 Å². The second-order valence-electron chi connectivity index (χ2n) is 7.87. The van der Waals surface area contributed by atoms with Gasteiger partial charge in [-0.25, -0.2) is 15.0 Å². The van der Waals surface area contributed by atoms with E-state index >= 15 is 0 Å². The molecule has 7 nitrogen and oxygen atoms in total. The minimum atomic E-state index is 0.736. The Morgan fingerprint density at radius 1 is 0.903 bits per heavy atom. The van der Waals surface area contributed by atoms with Crippen LogP contribution in [0.5, 0.6) is 0 Å². The number of aryl methyl sites for hydroxylation is 1. The van der Waals surface area contributed by atoms with Crippen molar-refractivity contribution in [2.45, 2.75) is 6.92 Å². The first-order valence-electron chi connectivity index (χ1n) is 10.4. The van der Waals surface area contributed by atoms with E-state index < -0.39 is 0 Å². The largest absolute Gasteiger partial charge is 0.353 e. The van der Waals surface area contributed by atoms with Crippen LogP contribution in [0.25, 0.3) is 20.7 Å². The van der Waals surface area contributed by atoms with Gasteiger partial charge in [0.25, 0.3) is 0 Å². The molecule has 1 fully saturated rings. The maximum Gasteiger partial charge on any atom is 0.226 e. The molecule has 1 saturated heterocycles. The van der Waals surface area contributed by atoms with E-state index in [9.17, 15) is 0 Å². The Hall–Kier alpha value is -3.26. The average molecular weight is 432 g/mol. The fourth-order valence-corrected chi connectivity index (χ4v) is 4.95. The number of anilines is 3. The summed E-state index contributed by atoms with van der Waals surface area (Å²) in [6, 6.07) is 14.7. The minimum Gasteiger partial charge on any atom is -0.353 e. The van der Waals surface area contributed by atoms with Gasteiger partial charge in [-0.05, 0) is 24.6 Å². The van der Waals surface area contributed by atoms with Crippen molar-refractivity contribution in [3.63, 3.8) is 0 Å². The Labute approximate surface area is 186 Å². The fourth-order valence-electron chi connectivity index (χ4n) is 3.87. The first kappa shape index (κ1) is 19.7. The van der Waals surface area contributed by atoms with E-state index in [0.29, 0.717) is 0 Å². The third-order valence-electron chi connectivity index (χ3n) is 5.47. The van der Waals surface area contributed by atoms with Gasteiger partial charge in [-0.1, -0.05) is 30.3 Å². The summed E-state index contributed by atoms with van der Waals surface area (Å²) in [5, 5.41) is 1.14.